The Hall–Kier alpha value is -3.97. The van der Waals surface area contributed by atoms with Crippen LogP contribution in [-0.4, -0.2) is 26.1 Å². The molecule has 0 spiro atoms. The van der Waals surface area contributed by atoms with Crippen molar-refractivity contribution in [3.05, 3.63) is 113 Å². The summed E-state index contributed by atoms with van der Waals surface area (Å²) in [6.07, 6.45) is 1.78. The summed E-state index contributed by atoms with van der Waals surface area (Å²) in [5.41, 5.74) is 3.97. The number of aromatic carboxylic acids is 1. The van der Waals surface area contributed by atoms with Gasteiger partial charge >= 0.3 is 5.97 Å². The molecule has 0 saturated carbocycles. The Balaban J connectivity index is 1.53. The van der Waals surface area contributed by atoms with E-state index < -0.39 is 5.97 Å². The number of furan rings is 1. The molecule has 2 atom stereocenters. The molecule has 1 aliphatic heterocycles. The van der Waals surface area contributed by atoms with E-state index >= 15 is 0 Å². The van der Waals surface area contributed by atoms with Gasteiger partial charge in [0.1, 0.15) is 17.6 Å². The number of benzene rings is 2. The van der Waals surface area contributed by atoms with Crippen LogP contribution in [0, 0.1) is 6.92 Å². The summed E-state index contributed by atoms with van der Waals surface area (Å²) >= 11 is 5.74. The number of thiocarbonyl (C=S) groups is 1. The zero-order chi connectivity index (χ0) is 23.7. The molecule has 4 aromatic rings. The number of nitrogens with one attached hydrogen (secondary N) is 1. The molecule has 2 aromatic heterocycles. The molecule has 170 valence electrons. The maximum absolute atomic E-state index is 11.3. The van der Waals surface area contributed by atoms with Gasteiger partial charge in [-0.3, -0.25) is 4.98 Å². The average molecular weight is 470 g/mol. The second kappa shape index (κ2) is 9.11. The van der Waals surface area contributed by atoms with E-state index in [-0.39, 0.29) is 17.6 Å². The van der Waals surface area contributed by atoms with Crippen LogP contribution in [0.3, 0.4) is 0 Å². The van der Waals surface area contributed by atoms with Crippen LogP contribution in [0.1, 0.15) is 45.0 Å². The van der Waals surface area contributed by atoms with Gasteiger partial charge in [0.05, 0.1) is 17.3 Å². The number of aromatic nitrogens is 1. The molecule has 5 rings (SSSR count). The van der Waals surface area contributed by atoms with E-state index in [1.807, 2.05) is 55.5 Å². The van der Waals surface area contributed by atoms with E-state index in [2.05, 4.69) is 27.3 Å². The van der Waals surface area contributed by atoms with Gasteiger partial charge in [0.15, 0.2) is 5.11 Å². The van der Waals surface area contributed by atoms with Gasteiger partial charge in [-0.1, -0.05) is 42.5 Å². The van der Waals surface area contributed by atoms with Crippen molar-refractivity contribution in [3.63, 3.8) is 0 Å². The highest BCUT2D eigenvalue weighted by Crippen LogP contribution is 2.41. The fraction of sp³-hybridized carbons (Fsp3) is 0.148. The van der Waals surface area contributed by atoms with E-state index in [1.165, 1.54) is 0 Å². The highest BCUT2D eigenvalue weighted by Gasteiger charge is 2.41. The van der Waals surface area contributed by atoms with Crippen molar-refractivity contribution in [2.24, 2.45) is 0 Å². The number of hydrogen-bond acceptors (Lipinski definition) is 4. The van der Waals surface area contributed by atoms with Crippen LogP contribution < -0.4 is 5.32 Å². The number of carboxylic acid groups (broad SMARTS) is 1. The highest BCUT2D eigenvalue weighted by atomic mass is 32.1. The zero-order valence-electron chi connectivity index (χ0n) is 18.5. The van der Waals surface area contributed by atoms with E-state index in [4.69, 9.17) is 16.6 Å². The Morgan fingerprint density at radius 1 is 1.09 bits per heavy atom. The summed E-state index contributed by atoms with van der Waals surface area (Å²) in [5.74, 6) is 0.493. The number of nitrogens with zero attached hydrogens (tertiary/aromatic N) is 2. The van der Waals surface area contributed by atoms with Gasteiger partial charge in [0.25, 0.3) is 0 Å². The normalized spacial score (nSPS) is 17.6. The summed E-state index contributed by atoms with van der Waals surface area (Å²) in [5, 5.41) is 13.4. The fourth-order valence-corrected chi connectivity index (χ4v) is 4.70. The predicted octanol–water partition coefficient (Wildman–Crippen LogP) is 5.52. The van der Waals surface area contributed by atoms with Crippen LogP contribution in [0.4, 0.5) is 0 Å². The molecule has 6 nitrogen and oxygen atoms in total. The first-order chi connectivity index (χ1) is 16.5. The summed E-state index contributed by atoms with van der Waals surface area (Å²) in [4.78, 5) is 18.0. The van der Waals surface area contributed by atoms with Gasteiger partial charge in [0, 0.05) is 18.3 Å². The van der Waals surface area contributed by atoms with Crippen molar-refractivity contribution in [1.82, 2.24) is 15.2 Å². The van der Waals surface area contributed by atoms with Crippen molar-refractivity contribution < 1.29 is 14.3 Å². The molecule has 1 aliphatic rings. The zero-order valence-corrected chi connectivity index (χ0v) is 19.3. The Labute approximate surface area is 202 Å². The molecule has 0 bridgehead atoms. The smallest absolute Gasteiger partial charge is 0.335 e. The minimum Gasteiger partial charge on any atom is -0.478 e. The molecular weight excluding hydrogens is 446 g/mol. The van der Waals surface area contributed by atoms with Gasteiger partial charge in [-0.05, 0) is 66.7 Å². The minimum atomic E-state index is -0.949. The van der Waals surface area contributed by atoms with E-state index in [0.29, 0.717) is 17.4 Å². The van der Waals surface area contributed by atoms with Crippen molar-refractivity contribution in [3.8, 4) is 11.3 Å². The molecule has 0 unspecified atom stereocenters. The molecule has 0 aliphatic carbocycles. The van der Waals surface area contributed by atoms with Crippen molar-refractivity contribution in [2.75, 3.05) is 0 Å². The van der Waals surface area contributed by atoms with Crippen LogP contribution >= 0.6 is 12.2 Å². The Morgan fingerprint density at radius 2 is 1.88 bits per heavy atom. The number of pyridine rings is 1. The lowest BCUT2D eigenvalue weighted by molar-refractivity contribution is 0.0697. The van der Waals surface area contributed by atoms with Crippen LogP contribution in [0.5, 0.6) is 0 Å². The fourth-order valence-electron chi connectivity index (χ4n) is 4.39. The number of carboxylic acids is 1. The topological polar surface area (TPSA) is 78.6 Å². The molecule has 1 saturated heterocycles. The summed E-state index contributed by atoms with van der Waals surface area (Å²) in [6.45, 7) is 2.51. The van der Waals surface area contributed by atoms with E-state index in [1.54, 1.807) is 24.4 Å². The molecule has 7 heteroatoms. The number of rotatable bonds is 6. The molecule has 3 heterocycles. The average Bonchev–Trinajstić information content (AvgIpc) is 3.45. The molecule has 0 amide bonds. The highest BCUT2D eigenvalue weighted by molar-refractivity contribution is 7.80. The number of carbonyl (C=O) groups is 1. The molecule has 2 N–H and O–H groups in total. The second-order valence-electron chi connectivity index (χ2n) is 8.28. The molecule has 0 radical (unpaired) electrons. The number of aryl methyl sites for hydroxylation is 1. The maximum atomic E-state index is 11.3. The summed E-state index contributed by atoms with van der Waals surface area (Å²) in [6, 6.07) is 24.6. The molecule has 1 fully saturated rings. The second-order valence-corrected chi connectivity index (χ2v) is 8.66. The maximum Gasteiger partial charge on any atom is 0.335 e. The molecule has 2 aromatic carbocycles. The Bertz CT molecular complexity index is 1340. The number of hydrogen-bond donors (Lipinski definition) is 2. The third kappa shape index (κ3) is 4.18. The molecular formula is C27H23N3O3S. The van der Waals surface area contributed by atoms with Gasteiger partial charge in [-0.15, -0.1) is 0 Å². The van der Waals surface area contributed by atoms with Gasteiger partial charge in [-0.2, -0.15) is 0 Å². The van der Waals surface area contributed by atoms with Crippen molar-refractivity contribution >= 4 is 23.3 Å². The van der Waals surface area contributed by atoms with Crippen LogP contribution in [0.25, 0.3) is 11.3 Å². The first-order valence-electron chi connectivity index (χ1n) is 11.0. The predicted molar refractivity (Wildman–Crippen MR) is 133 cm³/mol. The first kappa shape index (κ1) is 21.9. The lowest BCUT2D eigenvalue weighted by atomic mass is 10.0. The van der Waals surface area contributed by atoms with Crippen molar-refractivity contribution in [2.45, 2.75) is 25.6 Å². The standard InChI is InChI=1S/C27H23N3O3S/c1-17-15-19(26(31)32)10-11-20(17)22-12-13-23(33-22)25-24(21-9-5-6-14-28-21)29-27(34)30(25)16-18-7-3-2-4-8-18/h2-15,24-25H,16H2,1H3,(H,29,34)(H,31,32)/t24-,25+/m1/s1. The lowest BCUT2D eigenvalue weighted by Crippen LogP contribution is -2.29. The van der Waals surface area contributed by atoms with Gasteiger partial charge in [-0.25, -0.2) is 4.79 Å². The third-order valence-corrected chi connectivity index (χ3v) is 6.40. The minimum absolute atomic E-state index is 0.174. The monoisotopic (exact) mass is 469 g/mol. The summed E-state index contributed by atoms with van der Waals surface area (Å²) in [7, 11) is 0. The van der Waals surface area contributed by atoms with Gasteiger partial charge < -0.3 is 19.7 Å². The Morgan fingerprint density at radius 3 is 2.59 bits per heavy atom. The lowest BCUT2D eigenvalue weighted by Gasteiger charge is -2.26. The largest absolute Gasteiger partial charge is 0.478 e. The first-order valence-corrected chi connectivity index (χ1v) is 11.4. The van der Waals surface area contributed by atoms with Crippen molar-refractivity contribution in [1.29, 1.82) is 0 Å². The quantitative estimate of drug-likeness (QED) is 0.360. The van der Waals surface area contributed by atoms with Crippen LogP contribution in [-0.2, 0) is 6.54 Å². The van der Waals surface area contributed by atoms with E-state index in [9.17, 15) is 9.90 Å². The Kier molecular flexibility index (Phi) is 5.86. The third-order valence-electron chi connectivity index (χ3n) is 6.05. The van der Waals surface area contributed by atoms with Crippen LogP contribution in [0.15, 0.2) is 89.5 Å². The SMILES string of the molecule is Cc1cc(C(=O)O)ccc1-c1ccc([C@H]2[C@@H](c3ccccn3)NC(=S)N2Cc2ccccc2)o1. The van der Waals surface area contributed by atoms with Crippen LogP contribution in [0.2, 0.25) is 0 Å². The van der Waals surface area contributed by atoms with E-state index in [0.717, 1.165) is 28.1 Å². The summed E-state index contributed by atoms with van der Waals surface area (Å²) < 4.78 is 6.39. The molecule has 34 heavy (non-hydrogen) atoms. The van der Waals surface area contributed by atoms with Gasteiger partial charge in [0.2, 0.25) is 0 Å².